The standard InChI is InChI=1S/C18H20N4/c1-12-8-13(2)10-17(9-12)20-16-6-4-15(5-7-16)11-18-19-14(3)21-22-18/h4-10,20H,11H2,1-3H3,(H,19,21,22). The zero-order chi connectivity index (χ0) is 15.5. The molecule has 22 heavy (non-hydrogen) atoms. The molecule has 0 fully saturated rings. The Bertz CT molecular complexity index is 752. The van der Waals surface area contributed by atoms with Gasteiger partial charge in [-0.15, -0.1) is 0 Å². The lowest BCUT2D eigenvalue weighted by atomic mass is 10.1. The molecule has 0 bridgehead atoms. The smallest absolute Gasteiger partial charge is 0.155 e. The van der Waals surface area contributed by atoms with Crippen molar-refractivity contribution in [1.29, 1.82) is 0 Å². The van der Waals surface area contributed by atoms with Crippen LogP contribution >= 0.6 is 0 Å². The Kier molecular flexibility index (Phi) is 3.92. The van der Waals surface area contributed by atoms with Crippen LogP contribution in [0.15, 0.2) is 42.5 Å². The molecule has 1 aromatic heterocycles. The van der Waals surface area contributed by atoms with Gasteiger partial charge in [-0.25, -0.2) is 4.98 Å². The van der Waals surface area contributed by atoms with E-state index in [2.05, 4.69) is 76.8 Å². The highest BCUT2D eigenvalue weighted by molar-refractivity contribution is 5.61. The molecule has 2 N–H and O–H groups in total. The molecule has 0 aliphatic heterocycles. The van der Waals surface area contributed by atoms with Crippen molar-refractivity contribution in [3.05, 3.63) is 70.8 Å². The van der Waals surface area contributed by atoms with Gasteiger partial charge in [-0.05, 0) is 61.7 Å². The second-order valence-electron chi connectivity index (χ2n) is 5.71. The zero-order valence-corrected chi connectivity index (χ0v) is 13.1. The Hall–Kier alpha value is -2.62. The number of aromatic amines is 1. The molecule has 0 aliphatic rings. The molecule has 0 atom stereocenters. The van der Waals surface area contributed by atoms with Crippen molar-refractivity contribution in [1.82, 2.24) is 15.2 Å². The van der Waals surface area contributed by atoms with E-state index in [0.29, 0.717) is 0 Å². The largest absolute Gasteiger partial charge is 0.356 e. The number of nitrogens with zero attached hydrogens (tertiary/aromatic N) is 2. The predicted octanol–water partition coefficient (Wildman–Crippen LogP) is 4.06. The van der Waals surface area contributed by atoms with E-state index in [9.17, 15) is 0 Å². The third-order valence-electron chi connectivity index (χ3n) is 3.47. The molecule has 0 saturated carbocycles. The summed E-state index contributed by atoms with van der Waals surface area (Å²) in [5.74, 6) is 1.68. The molecular formula is C18H20N4. The zero-order valence-electron chi connectivity index (χ0n) is 13.1. The number of hydrogen-bond acceptors (Lipinski definition) is 3. The lowest BCUT2D eigenvalue weighted by Crippen LogP contribution is -1.94. The van der Waals surface area contributed by atoms with E-state index in [0.717, 1.165) is 29.4 Å². The topological polar surface area (TPSA) is 53.6 Å². The maximum Gasteiger partial charge on any atom is 0.155 e. The van der Waals surface area contributed by atoms with Crippen LogP contribution in [-0.2, 0) is 6.42 Å². The van der Waals surface area contributed by atoms with Crippen LogP contribution in [0.2, 0.25) is 0 Å². The van der Waals surface area contributed by atoms with Crippen LogP contribution < -0.4 is 5.32 Å². The van der Waals surface area contributed by atoms with Gasteiger partial charge < -0.3 is 5.32 Å². The Morgan fingerprint density at radius 1 is 0.909 bits per heavy atom. The fourth-order valence-electron chi connectivity index (χ4n) is 2.57. The third-order valence-corrected chi connectivity index (χ3v) is 3.47. The van der Waals surface area contributed by atoms with E-state index in [1.807, 2.05) is 6.92 Å². The number of aryl methyl sites for hydroxylation is 3. The molecule has 0 aliphatic carbocycles. The van der Waals surface area contributed by atoms with Crippen molar-refractivity contribution in [2.75, 3.05) is 5.32 Å². The highest BCUT2D eigenvalue weighted by Gasteiger charge is 2.02. The van der Waals surface area contributed by atoms with Crippen LogP contribution in [0.3, 0.4) is 0 Å². The first-order chi connectivity index (χ1) is 10.6. The first kappa shape index (κ1) is 14.3. The van der Waals surface area contributed by atoms with E-state index >= 15 is 0 Å². The van der Waals surface area contributed by atoms with Gasteiger partial charge in [0, 0.05) is 17.8 Å². The maximum absolute atomic E-state index is 4.33. The molecule has 4 nitrogen and oxygen atoms in total. The van der Waals surface area contributed by atoms with Crippen LogP contribution in [-0.4, -0.2) is 15.2 Å². The van der Waals surface area contributed by atoms with Crippen molar-refractivity contribution >= 4 is 11.4 Å². The third kappa shape index (κ3) is 3.52. The number of aromatic nitrogens is 3. The number of anilines is 2. The summed E-state index contributed by atoms with van der Waals surface area (Å²) in [5.41, 5.74) is 5.93. The van der Waals surface area contributed by atoms with Crippen molar-refractivity contribution in [3.8, 4) is 0 Å². The van der Waals surface area contributed by atoms with E-state index in [4.69, 9.17) is 0 Å². The summed E-state index contributed by atoms with van der Waals surface area (Å²) in [7, 11) is 0. The second kappa shape index (κ2) is 6.02. The number of benzene rings is 2. The molecule has 4 heteroatoms. The molecule has 3 rings (SSSR count). The molecule has 3 aromatic rings. The number of rotatable bonds is 4. The van der Waals surface area contributed by atoms with Gasteiger partial charge in [-0.2, -0.15) is 5.10 Å². The van der Waals surface area contributed by atoms with E-state index in [-0.39, 0.29) is 0 Å². The summed E-state index contributed by atoms with van der Waals surface area (Å²) in [4.78, 5) is 4.33. The van der Waals surface area contributed by atoms with E-state index < -0.39 is 0 Å². The predicted molar refractivity (Wildman–Crippen MR) is 89.6 cm³/mol. The van der Waals surface area contributed by atoms with Gasteiger partial charge in [0.15, 0.2) is 5.82 Å². The van der Waals surface area contributed by atoms with Crippen molar-refractivity contribution in [2.45, 2.75) is 27.2 Å². The minimum Gasteiger partial charge on any atom is -0.356 e. The number of nitrogens with one attached hydrogen (secondary N) is 2. The van der Waals surface area contributed by atoms with Crippen LogP contribution in [0, 0.1) is 20.8 Å². The molecule has 0 unspecified atom stereocenters. The number of hydrogen-bond donors (Lipinski definition) is 2. The van der Waals surface area contributed by atoms with Gasteiger partial charge in [0.25, 0.3) is 0 Å². The van der Waals surface area contributed by atoms with Crippen LogP contribution in [0.1, 0.15) is 28.3 Å². The molecule has 2 aromatic carbocycles. The highest BCUT2D eigenvalue weighted by Crippen LogP contribution is 2.20. The van der Waals surface area contributed by atoms with E-state index in [1.54, 1.807) is 0 Å². The summed E-state index contributed by atoms with van der Waals surface area (Å²) in [5, 5.41) is 10.5. The van der Waals surface area contributed by atoms with Crippen molar-refractivity contribution in [3.63, 3.8) is 0 Å². The fraction of sp³-hybridized carbons (Fsp3) is 0.222. The van der Waals surface area contributed by atoms with Gasteiger partial charge >= 0.3 is 0 Å². The lowest BCUT2D eigenvalue weighted by Gasteiger charge is -2.09. The Morgan fingerprint density at radius 2 is 1.59 bits per heavy atom. The molecule has 0 saturated heterocycles. The normalized spacial score (nSPS) is 10.7. The molecule has 112 valence electrons. The molecule has 0 amide bonds. The second-order valence-corrected chi connectivity index (χ2v) is 5.71. The molecule has 0 spiro atoms. The molecular weight excluding hydrogens is 272 g/mol. The van der Waals surface area contributed by atoms with Crippen LogP contribution in [0.25, 0.3) is 0 Å². The lowest BCUT2D eigenvalue weighted by molar-refractivity contribution is 0.970. The van der Waals surface area contributed by atoms with Gasteiger partial charge in [-0.1, -0.05) is 18.2 Å². The Morgan fingerprint density at radius 3 is 2.18 bits per heavy atom. The Labute approximate surface area is 130 Å². The van der Waals surface area contributed by atoms with Gasteiger partial charge in [0.1, 0.15) is 5.82 Å². The Balaban J connectivity index is 1.71. The van der Waals surface area contributed by atoms with Gasteiger partial charge in [-0.3, -0.25) is 5.10 Å². The maximum atomic E-state index is 4.33. The minimum absolute atomic E-state index is 0.744. The van der Waals surface area contributed by atoms with Crippen molar-refractivity contribution < 1.29 is 0 Å². The molecule has 1 heterocycles. The van der Waals surface area contributed by atoms with Gasteiger partial charge in [0.05, 0.1) is 0 Å². The summed E-state index contributed by atoms with van der Waals surface area (Å²) >= 11 is 0. The average molecular weight is 292 g/mol. The first-order valence-electron chi connectivity index (χ1n) is 7.40. The minimum atomic E-state index is 0.744. The molecule has 0 radical (unpaired) electrons. The summed E-state index contributed by atoms with van der Waals surface area (Å²) in [6.45, 7) is 6.13. The SMILES string of the molecule is Cc1cc(C)cc(Nc2ccc(Cc3n[nH]c(C)n3)cc2)c1. The average Bonchev–Trinajstić information content (AvgIpc) is 2.85. The number of H-pyrrole nitrogens is 1. The highest BCUT2D eigenvalue weighted by atomic mass is 15.2. The summed E-state index contributed by atoms with van der Waals surface area (Å²) in [6.07, 6.45) is 0.744. The van der Waals surface area contributed by atoms with Crippen LogP contribution in [0.4, 0.5) is 11.4 Å². The first-order valence-corrected chi connectivity index (χ1v) is 7.40. The van der Waals surface area contributed by atoms with Crippen molar-refractivity contribution in [2.24, 2.45) is 0 Å². The monoisotopic (exact) mass is 292 g/mol. The van der Waals surface area contributed by atoms with Gasteiger partial charge in [0.2, 0.25) is 0 Å². The summed E-state index contributed by atoms with van der Waals surface area (Å²) < 4.78 is 0. The summed E-state index contributed by atoms with van der Waals surface area (Å²) in [6, 6.07) is 14.9. The quantitative estimate of drug-likeness (QED) is 0.762. The van der Waals surface area contributed by atoms with E-state index in [1.165, 1.54) is 16.7 Å². The van der Waals surface area contributed by atoms with Crippen LogP contribution in [0.5, 0.6) is 0 Å². The fourth-order valence-corrected chi connectivity index (χ4v) is 2.57.